The van der Waals surface area contributed by atoms with Crippen LogP contribution < -0.4 is 5.32 Å². The lowest BCUT2D eigenvalue weighted by Gasteiger charge is -2.14. The maximum Gasteiger partial charge on any atom is 0.338 e. The van der Waals surface area contributed by atoms with Gasteiger partial charge in [-0.05, 0) is 11.5 Å². The van der Waals surface area contributed by atoms with Crippen molar-refractivity contribution in [1.82, 2.24) is 9.62 Å². The van der Waals surface area contributed by atoms with Crippen LogP contribution in [0.5, 0.6) is 0 Å². The molecule has 0 radical (unpaired) electrons. The number of fused-ring (bicyclic) bond motifs is 1. The summed E-state index contributed by atoms with van der Waals surface area (Å²) in [5, 5.41) is 3.40. The number of amides is 3. The maximum atomic E-state index is 12.5. The topological polar surface area (TPSA) is 83.6 Å². The number of hydrogen-bond acceptors (Lipinski definition) is 4. The first-order valence-electron chi connectivity index (χ1n) is 5.85. The van der Waals surface area contributed by atoms with Crippen molar-refractivity contribution in [3.8, 4) is 0 Å². The number of hydrogen-bond donors (Lipinski definition) is 1. The van der Waals surface area contributed by atoms with Gasteiger partial charge in [0.1, 0.15) is 6.54 Å². The molecule has 20 heavy (non-hydrogen) atoms. The lowest BCUT2D eigenvalue weighted by atomic mass is 10.1. The van der Waals surface area contributed by atoms with Crippen molar-refractivity contribution in [2.45, 2.75) is 4.90 Å². The van der Waals surface area contributed by atoms with Crippen molar-refractivity contribution in [3.05, 3.63) is 42.5 Å². The molecule has 0 atom stereocenters. The van der Waals surface area contributed by atoms with Crippen molar-refractivity contribution in [2.75, 3.05) is 6.54 Å². The van der Waals surface area contributed by atoms with Crippen LogP contribution in [-0.4, -0.2) is 31.2 Å². The lowest BCUT2D eigenvalue weighted by molar-refractivity contribution is -0.121. The Morgan fingerprint density at radius 2 is 1.70 bits per heavy atom. The van der Waals surface area contributed by atoms with Crippen LogP contribution in [0.3, 0.4) is 0 Å². The van der Waals surface area contributed by atoms with Gasteiger partial charge in [-0.1, -0.05) is 36.4 Å². The second-order valence-electron chi connectivity index (χ2n) is 4.30. The zero-order valence-corrected chi connectivity index (χ0v) is 11.1. The summed E-state index contributed by atoms with van der Waals surface area (Å²) in [7, 11) is -4.19. The minimum Gasteiger partial charge on any atom is -0.328 e. The maximum absolute atomic E-state index is 12.5. The summed E-state index contributed by atoms with van der Waals surface area (Å²) < 4.78 is 25.3. The van der Waals surface area contributed by atoms with Crippen molar-refractivity contribution >= 4 is 32.7 Å². The zero-order valence-electron chi connectivity index (χ0n) is 10.2. The molecule has 1 aliphatic heterocycles. The number of carbonyl (C=O) groups is 2. The van der Waals surface area contributed by atoms with Gasteiger partial charge in [0.2, 0.25) is 0 Å². The van der Waals surface area contributed by atoms with Crippen molar-refractivity contribution in [2.24, 2.45) is 0 Å². The van der Waals surface area contributed by atoms with Gasteiger partial charge in [0.15, 0.2) is 0 Å². The second-order valence-corrected chi connectivity index (χ2v) is 6.05. The summed E-state index contributed by atoms with van der Waals surface area (Å²) in [6.07, 6.45) is 0. The number of rotatable bonds is 2. The Morgan fingerprint density at radius 3 is 2.40 bits per heavy atom. The van der Waals surface area contributed by atoms with Crippen LogP contribution in [0, 0.1) is 0 Å². The predicted octanol–water partition coefficient (Wildman–Crippen LogP) is 1.08. The van der Waals surface area contributed by atoms with Gasteiger partial charge in [-0.3, -0.25) is 4.79 Å². The fourth-order valence-electron chi connectivity index (χ4n) is 2.17. The Hall–Kier alpha value is -2.41. The van der Waals surface area contributed by atoms with E-state index in [2.05, 4.69) is 5.32 Å². The predicted molar refractivity (Wildman–Crippen MR) is 71.4 cm³/mol. The van der Waals surface area contributed by atoms with Gasteiger partial charge in [0.05, 0.1) is 4.90 Å². The monoisotopic (exact) mass is 290 g/mol. The molecular weight excluding hydrogens is 280 g/mol. The van der Waals surface area contributed by atoms with Gasteiger partial charge in [-0.25, -0.2) is 13.2 Å². The van der Waals surface area contributed by atoms with Gasteiger partial charge < -0.3 is 5.32 Å². The minimum atomic E-state index is -4.19. The van der Waals surface area contributed by atoms with Gasteiger partial charge in [-0.2, -0.15) is 0 Å². The van der Waals surface area contributed by atoms with Crippen LogP contribution in [-0.2, 0) is 14.8 Å². The SMILES string of the molecule is O=C1CNC(=O)N1S(=O)(=O)c1cccc2ccccc12. The summed E-state index contributed by atoms with van der Waals surface area (Å²) in [4.78, 5) is 23.1. The number of sulfonamides is 1. The summed E-state index contributed by atoms with van der Waals surface area (Å²) in [6.45, 7) is -0.303. The molecule has 0 aromatic heterocycles. The zero-order chi connectivity index (χ0) is 14.3. The quantitative estimate of drug-likeness (QED) is 0.839. The number of carbonyl (C=O) groups excluding carboxylic acids is 2. The van der Waals surface area contributed by atoms with E-state index in [1.165, 1.54) is 6.07 Å². The molecule has 1 saturated heterocycles. The molecule has 3 rings (SSSR count). The smallest absolute Gasteiger partial charge is 0.328 e. The van der Waals surface area contributed by atoms with E-state index in [1.807, 2.05) is 0 Å². The van der Waals surface area contributed by atoms with Crippen molar-refractivity contribution < 1.29 is 18.0 Å². The highest BCUT2D eigenvalue weighted by Gasteiger charge is 2.40. The lowest BCUT2D eigenvalue weighted by Crippen LogP contribution is -2.37. The molecule has 0 bridgehead atoms. The van der Waals surface area contributed by atoms with Gasteiger partial charge in [-0.15, -0.1) is 4.31 Å². The largest absolute Gasteiger partial charge is 0.338 e. The van der Waals surface area contributed by atoms with E-state index < -0.39 is 22.0 Å². The standard InChI is InChI=1S/C13H10N2O4S/c16-12-8-14-13(17)15(12)20(18,19)11-7-3-5-9-4-1-2-6-10(9)11/h1-7H,8H2,(H,14,17). The Labute approximate surface area is 115 Å². The molecule has 102 valence electrons. The molecule has 1 aliphatic rings. The van der Waals surface area contributed by atoms with Crippen molar-refractivity contribution in [3.63, 3.8) is 0 Å². The third-order valence-electron chi connectivity index (χ3n) is 3.07. The second kappa shape index (κ2) is 4.31. The summed E-state index contributed by atoms with van der Waals surface area (Å²) >= 11 is 0. The molecule has 0 spiro atoms. The molecular formula is C13H10N2O4S. The van der Waals surface area contributed by atoms with E-state index in [4.69, 9.17) is 0 Å². The minimum absolute atomic E-state index is 0.0546. The number of urea groups is 1. The third-order valence-corrected chi connectivity index (χ3v) is 4.83. The first-order chi connectivity index (χ1) is 9.51. The fraction of sp³-hybridized carbons (Fsp3) is 0.0769. The normalized spacial score (nSPS) is 15.7. The summed E-state index contributed by atoms with van der Waals surface area (Å²) in [5.74, 6) is -0.775. The fourth-order valence-corrected chi connectivity index (χ4v) is 3.70. The average Bonchev–Trinajstić information content (AvgIpc) is 2.78. The Balaban J connectivity index is 2.25. The highest BCUT2D eigenvalue weighted by Crippen LogP contribution is 2.26. The molecule has 1 N–H and O–H groups in total. The Kier molecular flexibility index (Phi) is 2.72. The average molecular weight is 290 g/mol. The molecule has 2 aromatic carbocycles. The molecule has 0 aliphatic carbocycles. The van der Waals surface area contributed by atoms with Crippen LogP contribution >= 0.6 is 0 Å². The van der Waals surface area contributed by atoms with Gasteiger partial charge >= 0.3 is 6.03 Å². The van der Waals surface area contributed by atoms with E-state index in [0.717, 1.165) is 5.39 Å². The van der Waals surface area contributed by atoms with Crippen LogP contribution in [0.15, 0.2) is 47.4 Å². The number of imide groups is 1. The Morgan fingerprint density at radius 1 is 1.00 bits per heavy atom. The van der Waals surface area contributed by atoms with Gasteiger partial charge in [0, 0.05) is 5.39 Å². The summed E-state index contributed by atoms with van der Waals surface area (Å²) in [6, 6.07) is 10.7. The highest BCUT2D eigenvalue weighted by atomic mass is 32.2. The van der Waals surface area contributed by atoms with Crippen LogP contribution in [0.4, 0.5) is 4.79 Å². The molecule has 0 saturated carbocycles. The molecule has 3 amide bonds. The van der Waals surface area contributed by atoms with E-state index in [0.29, 0.717) is 5.39 Å². The van der Waals surface area contributed by atoms with Gasteiger partial charge in [0.25, 0.3) is 15.9 Å². The molecule has 6 nitrogen and oxygen atoms in total. The first-order valence-corrected chi connectivity index (χ1v) is 7.29. The van der Waals surface area contributed by atoms with Crippen LogP contribution in [0.1, 0.15) is 0 Å². The number of benzene rings is 2. The van der Waals surface area contributed by atoms with Crippen LogP contribution in [0.25, 0.3) is 10.8 Å². The molecule has 2 aromatic rings. The van der Waals surface area contributed by atoms with E-state index in [9.17, 15) is 18.0 Å². The number of nitrogens with one attached hydrogen (secondary N) is 1. The van der Waals surface area contributed by atoms with Crippen LogP contribution in [0.2, 0.25) is 0 Å². The molecule has 0 unspecified atom stereocenters. The first kappa shape index (κ1) is 12.6. The third kappa shape index (κ3) is 1.75. The van der Waals surface area contributed by atoms with E-state index in [-0.39, 0.29) is 15.7 Å². The Bertz CT molecular complexity index is 808. The molecule has 7 heteroatoms. The van der Waals surface area contributed by atoms with E-state index >= 15 is 0 Å². The highest BCUT2D eigenvalue weighted by molar-refractivity contribution is 7.90. The summed E-state index contributed by atoms with van der Waals surface area (Å²) in [5.41, 5.74) is 0. The van der Waals surface area contributed by atoms with E-state index in [1.54, 1.807) is 36.4 Å². The van der Waals surface area contributed by atoms with Crippen molar-refractivity contribution in [1.29, 1.82) is 0 Å². The molecule has 1 heterocycles. The number of nitrogens with zero attached hydrogens (tertiary/aromatic N) is 1. The molecule has 1 fully saturated rings.